The fourth-order valence-corrected chi connectivity index (χ4v) is 5.30. The molecule has 13 heteroatoms. The molecule has 0 aliphatic carbocycles. The van der Waals surface area contributed by atoms with Crippen molar-refractivity contribution in [2.75, 3.05) is 28.0 Å². The van der Waals surface area contributed by atoms with Crippen LogP contribution in [0.4, 0.5) is 17.3 Å². The van der Waals surface area contributed by atoms with Crippen LogP contribution >= 0.6 is 0 Å². The predicted octanol–water partition coefficient (Wildman–Crippen LogP) is 2.73. The normalized spacial score (nSPS) is 14.3. The van der Waals surface area contributed by atoms with E-state index in [-0.39, 0.29) is 22.5 Å². The molecule has 0 spiro atoms. The highest BCUT2D eigenvalue weighted by atomic mass is 32.2. The van der Waals surface area contributed by atoms with E-state index in [2.05, 4.69) is 40.2 Å². The van der Waals surface area contributed by atoms with Crippen LogP contribution in [0.5, 0.6) is 0 Å². The lowest BCUT2D eigenvalue weighted by Crippen LogP contribution is -2.38. The second-order valence-corrected chi connectivity index (χ2v) is 10.7. The Morgan fingerprint density at radius 3 is 2.32 bits per heavy atom. The van der Waals surface area contributed by atoms with Crippen LogP contribution in [-0.2, 0) is 14.8 Å². The van der Waals surface area contributed by atoms with Gasteiger partial charge in [-0.25, -0.2) is 23.1 Å². The molecular weight excluding hydrogens is 506 g/mol. The molecule has 38 heavy (non-hydrogen) atoms. The highest BCUT2D eigenvalue weighted by Gasteiger charge is 2.26. The van der Waals surface area contributed by atoms with E-state index >= 15 is 0 Å². The Balaban J connectivity index is 1.15. The summed E-state index contributed by atoms with van der Waals surface area (Å²) < 4.78 is 29.6. The fraction of sp³-hybridized carbons (Fsp3) is 0.280. The maximum absolute atomic E-state index is 12.9. The number of aryl methyl sites for hydroxylation is 2. The third kappa shape index (κ3) is 5.78. The molecule has 4 aromatic rings. The highest BCUT2D eigenvalue weighted by molar-refractivity contribution is 7.92. The van der Waals surface area contributed by atoms with E-state index in [0.29, 0.717) is 49.0 Å². The largest absolute Gasteiger partial charge is 0.355 e. The van der Waals surface area contributed by atoms with Crippen LogP contribution in [0.15, 0.2) is 65.8 Å². The van der Waals surface area contributed by atoms with Gasteiger partial charge in [0, 0.05) is 48.8 Å². The molecule has 3 aromatic heterocycles. The van der Waals surface area contributed by atoms with E-state index in [1.165, 1.54) is 12.1 Å². The molecular formula is C25H27N9O3S. The Morgan fingerprint density at radius 1 is 0.974 bits per heavy atom. The van der Waals surface area contributed by atoms with Crippen molar-refractivity contribution in [3.05, 3.63) is 72.4 Å². The van der Waals surface area contributed by atoms with Gasteiger partial charge < -0.3 is 10.2 Å². The summed E-state index contributed by atoms with van der Waals surface area (Å²) in [4.78, 5) is 23.3. The number of amides is 1. The minimum Gasteiger partial charge on any atom is -0.355 e. The first-order valence-electron chi connectivity index (χ1n) is 12.1. The van der Waals surface area contributed by atoms with E-state index < -0.39 is 10.0 Å². The number of nitrogens with one attached hydrogen (secondary N) is 2. The van der Waals surface area contributed by atoms with Gasteiger partial charge in [0.1, 0.15) is 11.6 Å². The molecule has 0 unspecified atom stereocenters. The summed E-state index contributed by atoms with van der Waals surface area (Å²) in [6, 6.07) is 13.2. The summed E-state index contributed by atoms with van der Waals surface area (Å²) in [5.41, 5.74) is 1.19. The van der Waals surface area contributed by atoms with Crippen molar-refractivity contribution in [2.45, 2.75) is 31.6 Å². The SMILES string of the molecule is Cc1cc(NS(=O)(=O)c2ccc(NC(=O)C3CCN(c4ccc(-n5cccn5)nn4)CC3)cc2)nc(C)n1. The quantitative estimate of drug-likeness (QED) is 0.366. The Labute approximate surface area is 220 Å². The molecule has 12 nitrogen and oxygen atoms in total. The summed E-state index contributed by atoms with van der Waals surface area (Å²) >= 11 is 0. The molecule has 5 rings (SSSR count). The van der Waals surface area contributed by atoms with Gasteiger partial charge in [0.25, 0.3) is 10.0 Å². The number of anilines is 3. The Kier molecular flexibility index (Phi) is 7.01. The van der Waals surface area contributed by atoms with Crippen LogP contribution < -0.4 is 14.9 Å². The van der Waals surface area contributed by atoms with Crippen LogP contribution in [0.2, 0.25) is 0 Å². The zero-order chi connectivity index (χ0) is 26.7. The second-order valence-electron chi connectivity index (χ2n) is 9.02. The lowest BCUT2D eigenvalue weighted by molar-refractivity contribution is -0.120. The number of sulfonamides is 1. The van der Waals surface area contributed by atoms with E-state index in [0.717, 1.165) is 5.82 Å². The average molecular weight is 534 g/mol. The first kappa shape index (κ1) is 25.3. The van der Waals surface area contributed by atoms with Crippen molar-refractivity contribution in [1.29, 1.82) is 0 Å². The van der Waals surface area contributed by atoms with Crippen molar-refractivity contribution >= 4 is 33.3 Å². The van der Waals surface area contributed by atoms with Gasteiger partial charge in [0.15, 0.2) is 11.6 Å². The third-order valence-electron chi connectivity index (χ3n) is 6.20. The van der Waals surface area contributed by atoms with E-state index in [1.807, 2.05) is 18.2 Å². The molecule has 0 radical (unpaired) electrons. The number of aromatic nitrogens is 6. The standard InChI is InChI=1S/C25H27N9O3S/c1-17-16-22(28-18(2)27-17)32-38(36,37)21-6-4-20(5-7-21)29-25(35)19-10-14-33(15-11-19)23-8-9-24(31-30-23)34-13-3-12-26-34/h3-9,12-13,16,19H,10-11,14-15H2,1-2H3,(H,29,35)(H,27,28,32). The molecule has 1 aromatic carbocycles. The Morgan fingerprint density at radius 2 is 1.68 bits per heavy atom. The van der Waals surface area contributed by atoms with E-state index in [1.54, 1.807) is 49.1 Å². The van der Waals surface area contributed by atoms with Gasteiger partial charge in [-0.2, -0.15) is 5.10 Å². The number of piperidine rings is 1. The number of hydrogen-bond donors (Lipinski definition) is 2. The number of benzene rings is 1. The topological polar surface area (TPSA) is 148 Å². The minimum atomic E-state index is -3.83. The summed E-state index contributed by atoms with van der Waals surface area (Å²) in [6.07, 6.45) is 4.83. The smallest absolute Gasteiger partial charge is 0.263 e. The molecule has 1 saturated heterocycles. The average Bonchev–Trinajstić information content (AvgIpc) is 3.44. The van der Waals surface area contributed by atoms with E-state index in [4.69, 9.17) is 0 Å². The zero-order valence-corrected chi connectivity index (χ0v) is 21.8. The lowest BCUT2D eigenvalue weighted by Gasteiger charge is -2.31. The van der Waals surface area contributed by atoms with Crippen molar-refractivity contribution in [1.82, 2.24) is 29.9 Å². The van der Waals surface area contributed by atoms with Crippen LogP contribution in [0.3, 0.4) is 0 Å². The van der Waals surface area contributed by atoms with Crippen molar-refractivity contribution < 1.29 is 13.2 Å². The van der Waals surface area contributed by atoms with Gasteiger partial charge in [-0.05, 0) is 69.2 Å². The lowest BCUT2D eigenvalue weighted by atomic mass is 9.96. The fourth-order valence-electron chi connectivity index (χ4n) is 4.31. The second kappa shape index (κ2) is 10.5. The van der Waals surface area contributed by atoms with Crippen molar-refractivity contribution in [3.63, 3.8) is 0 Å². The molecule has 2 N–H and O–H groups in total. The molecule has 0 bridgehead atoms. The molecule has 1 aliphatic heterocycles. The van der Waals surface area contributed by atoms with Crippen LogP contribution in [0.1, 0.15) is 24.4 Å². The first-order valence-corrected chi connectivity index (χ1v) is 13.6. The van der Waals surface area contributed by atoms with Gasteiger partial charge in [-0.3, -0.25) is 9.52 Å². The Bertz CT molecular complexity index is 1500. The molecule has 0 atom stereocenters. The highest BCUT2D eigenvalue weighted by Crippen LogP contribution is 2.24. The number of nitrogens with zero attached hydrogens (tertiary/aromatic N) is 7. The van der Waals surface area contributed by atoms with Gasteiger partial charge in [-0.1, -0.05) is 0 Å². The maximum Gasteiger partial charge on any atom is 0.263 e. The van der Waals surface area contributed by atoms with Crippen molar-refractivity contribution in [3.8, 4) is 5.82 Å². The summed E-state index contributed by atoms with van der Waals surface area (Å²) in [5.74, 6) is 1.84. The maximum atomic E-state index is 12.9. The summed E-state index contributed by atoms with van der Waals surface area (Å²) in [5, 5.41) is 15.6. The van der Waals surface area contributed by atoms with Crippen LogP contribution in [0.25, 0.3) is 5.82 Å². The van der Waals surface area contributed by atoms with Gasteiger partial charge in [0.05, 0.1) is 4.90 Å². The molecule has 1 fully saturated rings. The van der Waals surface area contributed by atoms with E-state index in [9.17, 15) is 13.2 Å². The number of rotatable bonds is 7. The zero-order valence-electron chi connectivity index (χ0n) is 20.9. The molecule has 0 saturated carbocycles. The Hall–Kier alpha value is -4.39. The minimum absolute atomic E-state index is 0.0670. The first-order chi connectivity index (χ1) is 18.3. The van der Waals surface area contributed by atoms with Crippen molar-refractivity contribution in [2.24, 2.45) is 5.92 Å². The molecule has 4 heterocycles. The third-order valence-corrected chi connectivity index (χ3v) is 7.57. The number of hydrogen-bond acceptors (Lipinski definition) is 9. The predicted molar refractivity (Wildman–Crippen MR) is 141 cm³/mol. The van der Waals surface area contributed by atoms with Gasteiger partial charge in [-0.15, -0.1) is 10.2 Å². The monoisotopic (exact) mass is 533 g/mol. The van der Waals surface area contributed by atoms with Gasteiger partial charge >= 0.3 is 0 Å². The summed E-state index contributed by atoms with van der Waals surface area (Å²) in [7, 11) is -3.83. The number of carbonyl (C=O) groups is 1. The summed E-state index contributed by atoms with van der Waals surface area (Å²) in [6.45, 7) is 4.82. The van der Waals surface area contributed by atoms with Gasteiger partial charge in [0.2, 0.25) is 5.91 Å². The molecule has 196 valence electrons. The van der Waals surface area contributed by atoms with Crippen LogP contribution in [-0.4, -0.2) is 57.4 Å². The van der Waals surface area contributed by atoms with Crippen LogP contribution in [0, 0.1) is 19.8 Å². The number of carbonyl (C=O) groups excluding carboxylic acids is 1. The molecule has 1 aliphatic rings. The molecule has 1 amide bonds.